The van der Waals surface area contributed by atoms with Crippen LogP contribution in [-0.2, 0) is 6.54 Å². The van der Waals surface area contributed by atoms with Crippen LogP contribution in [0, 0.1) is 6.92 Å². The first-order valence-corrected chi connectivity index (χ1v) is 8.04. The van der Waals surface area contributed by atoms with Gasteiger partial charge in [-0.15, -0.1) is 0 Å². The Morgan fingerprint density at radius 2 is 1.91 bits per heavy atom. The lowest BCUT2D eigenvalue weighted by atomic mass is 10.2. The molecule has 0 fully saturated rings. The summed E-state index contributed by atoms with van der Waals surface area (Å²) in [7, 11) is 0. The third-order valence-electron chi connectivity index (χ3n) is 3.44. The average Bonchev–Trinajstić information content (AvgIpc) is 2.92. The number of anilines is 2. The number of imidazole rings is 1. The van der Waals surface area contributed by atoms with Crippen LogP contribution in [0.15, 0.2) is 42.7 Å². The van der Waals surface area contributed by atoms with Crippen molar-refractivity contribution in [2.45, 2.75) is 20.4 Å². The number of halogens is 2. The van der Waals surface area contributed by atoms with Crippen LogP contribution in [0.25, 0.3) is 11.4 Å². The van der Waals surface area contributed by atoms with Gasteiger partial charge in [-0.05, 0) is 44.2 Å². The molecule has 3 aromatic rings. The summed E-state index contributed by atoms with van der Waals surface area (Å²) in [6.07, 6.45) is 3.79. The first-order valence-electron chi connectivity index (χ1n) is 7.29. The Kier molecular flexibility index (Phi) is 4.55. The minimum Gasteiger partial charge on any atom is -0.339 e. The van der Waals surface area contributed by atoms with Crippen molar-refractivity contribution < 1.29 is 0 Å². The summed E-state index contributed by atoms with van der Waals surface area (Å²) in [5, 5.41) is 4.41. The van der Waals surface area contributed by atoms with Crippen molar-refractivity contribution in [3.05, 3.63) is 58.5 Å². The fraction of sp³-hybridized carbons (Fsp3) is 0.176. The van der Waals surface area contributed by atoms with E-state index in [-0.39, 0.29) is 0 Å². The molecule has 0 spiro atoms. The van der Waals surface area contributed by atoms with Gasteiger partial charge >= 0.3 is 0 Å². The normalized spacial score (nSPS) is 10.8. The van der Waals surface area contributed by atoms with Gasteiger partial charge in [-0.3, -0.25) is 0 Å². The number of hydrogen-bond acceptors (Lipinski definition) is 3. The molecule has 4 nitrogen and oxygen atoms in total. The summed E-state index contributed by atoms with van der Waals surface area (Å²) >= 11 is 12.3. The van der Waals surface area contributed by atoms with Gasteiger partial charge in [0, 0.05) is 35.2 Å². The van der Waals surface area contributed by atoms with Gasteiger partial charge < -0.3 is 9.88 Å². The maximum atomic E-state index is 6.37. The van der Waals surface area contributed by atoms with E-state index < -0.39 is 0 Å². The molecule has 0 saturated carbocycles. The van der Waals surface area contributed by atoms with E-state index in [1.807, 2.05) is 43.5 Å². The van der Waals surface area contributed by atoms with Crippen molar-refractivity contribution >= 4 is 34.7 Å². The van der Waals surface area contributed by atoms with Crippen LogP contribution in [0.4, 0.5) is 11.5 Å². The Hall–Kier alpha value is -2.04. The van der Waals surface area contributed by atoms with Crippen LogP contribution < -0.4 is 5.32 Å². The zero-order valence-corrected chi connectivity index (χ0v) is 14.4. The highest BCUT2D eigenvalue weighted by Gasteiger charge is 2.11. The van der Waals surface area contributed by atoms with E-state index in [4.69, 9.17) is 23.2 Å². The van der Waals surface area contributed by atoms with Gasteiger partial charge in [0.1, 0.15) is 11.6 Å². The molecule has 0 aliphatic rings. The molecule has 0 bridgehead atoms. The number of rotatable bonds is 4. The van der Waals surface area contributed by atoms with Gasteiger partial charge in [-0.2, -0.15) is 0 Å². The van der Waals surface area contributed by atoms with Crippen molar-refractivity contribution in [3.63, 3.8) is 0 Å². The lowest BCUT2D eigenvalue weighted by Gasteiger charge is -2.10. The van der Waals surface area contributed by atoms with E-state index in [9.17, 15) is 0 Å². The molecule has 0 saturated heterocycles. The molecule has 0 radical (unpaired) electrons. The van der Waals surface area contributed by atoms with Crippen molar-refractivity contribution in [3.8, 4) is 11.4 Å². The third kappa shape index (κ3) is 3.49. The molecular formula is C17H16Cl2N4. The smallest absolute Gasteiger partial charge is 0.149 e. The predicted molar refractivity (Wildman–Crippen MR) is 95.6 cm³/mol. The predicted octanol–water partition coefficient (Wildman–Crippen LogP) is 5.32. The largest absolute Gasteiger partial charge is 0.339 e. The SMILES string of the molecule is CCn1cc(C)nc1-c1cnc(Nc2ccc(Cl)cc2)c(Cl)c1. The van der Waals surface area contributed by atoms with Gasteiger partial charge in [0.25, 0.3) is 0 Å². The van der Waals surface area contributed by atoms with E-state index in [1.165, 1.54) is 0 Å². The molecule has 1 aromatic carbocycles. The number of nitrogens with zero attached hydrogens (tertiary/aromatic N) is 3. The number of benzene rings is 1. The average molecular weight is 347 g/mol. The van der Waals surface area contributed by atoms with Crippen molar-refractivity contribution in [2.24, 2.45) is 0 Å². The quantitative estimate of drug-likeness (QED) is 0.694. The zero-order valence-electron chi connectivity index (χ0n) is 12.8. The number of aryl methyl sites for hydroxylation is 2. The Morgan fingerprint density at radius 1 is 1.17 bits per heavy atom. The minimum absolute atomic E-state index is 0.542. The lowest BCUT2D eigenvalue weighted by Crippen LogP contribution is -1.99. The standard InChI is InChI=1S/C17H16Cl2N4/c1-3-23-10-11(2)21-17(23)12-8-15(19)16(20-9-12)22-14-6-4-13(18)5-7-14/h4-10H,3H2,1-2H3,(H,20,22). The highest BCUT2D eigenvalue weighted by molar-refractivity contribution is 6.33. The van der Waals surface area contributed by atoms with Crippen LogP contribution in [0.1, 0.15) is 12.6 Å². The summed E-state index contributed by atoms with van der Waals surface area (Å²) in [4.78, 5) is 8.97. The maximum Gasteiger partial charge on any atom is 0.149 e. The summed E-state index contributed by atoms with van der Waals surface area (Å²) in [5.74, 6) is 1.47. The lowest BCUT2D eigenvalue weighted by molar-refractivity contribution is 0.770. The number of aromatic nitrogens is 3. The summed E-state index contributed by atoms with van der Waals surface area (Å²) in [5.41, 5.74) is 2.75. The summed E-state index contributed by atoms with van der Waals surface area (Å²) in [6.45, 7) is 4.90. The fourth-order valence-electron chi connectivity index (χ4n) is 2.34. The molecule has 2 aromatic heterocycles. The van der Waals surface area contributed by atoms with Crippen molar-refractivity contribution in [1.82, 2.24) is 14.5 Å². The molecule has 23 heavy (non-hydrogen) atoms. The molecule has 118 valence electrons. The molecule has 0 aliphatic carbocycles. The van der Waals surface area contributed by atoms with Gasteiger partial charge in [-0.1, -0.05) is 23.2 Å². The highest BCUT2D eigenvalue weighted by Crippen LogP contribution is 2.28. The molecule has 0 unspecified atom stereocenters. The Balaban J connectivity index is 1.89. The van der Waals surface area contributed by atoms with Crippen molar-refractivity contribution in [2.75, 3.05) is 5.32 Å². The Labute approximate surface area is 145 Å². The summed E-state index contributed by atoms with van der Waals surface area (Å²) < 4.78 is 2.08. The maximum absolute atomic E-state index is 6.37. The second-order valence-electron chi connectivity index (χ2n) is 5.18. The van der Waals surface area contributed by atoms with Gasteiger partial charge in [0.05, 0.1) is 10.7 Å². The van der Waals surface area contributed by atoms with Gasteiger partial charge in [0.2, 0.25) is 0 Å². The van der Waals surface area contributed by atoms with Crippen LogP contribution in [0.2, 0.25) is 10.0 Å². The Morgan fingerprint density at radius 3 is 2.57 bits per heavy atom. The highest BCUT2D eigenvalue weighted by atomic mass is 35.5. The molecule has 1 N–H and O–H groups in total. The van der Waals surface area contributed by atoms with Gasteiger partial charge in [0.15, 0.2) is 0 Å². The van der Waals surface area contributed by atoms with Crippen LogP contribution in [0.5, 0.6) is 0 Å². The Bertz CT molecular complexity index is 825. The van der Waals surface area contributed by atoms with E-state index in [0.717, 1.165) is 29.3 Å². The molecule has 0 amide bonds. The molecule has 6 heteroatoms. The number of hydrogen-bond donors (Lipinski definition) is 1. The monoisotopic (exact) mass is 346 g/mol. The summed E-state index contributed by atoms with van der Waals surface area (Å²) in [6, 6.07) is 9.25. The van der Waals surface area contributed by atoms with E-state index in [1.54, 1.807) is 6.20 Å². The topological polar surface area (TPSA) is 42.7 Å². The number of nitrogens with one attached hydrogen (secondary N) is 1. The van der Waals surface area contributed by atoms with Crippen LogP contribution >= 0.6 is 23.2 Å². The molecule has 2 heterocycles. The zero-order chi connectivity index (χ0) is 16.4. The molecule has 0 atom stereocenters. The van der Waals surface area contributed by atoms with E-state index in [0.29, 0.717) is 15.9 Å². The fourth-order valence-corrected chi connectivity index (χ4v) is 2.68. The van der Waals surface area contributed by atoms with Gasteiger partial charge in [-0.25, -0.2) is 9.97 Å². The molecule has 3 rings (SSSR count). The third-order valence-corrected chi connectivity index (χ3v) is 3.98. The second-order valence-corrected chi connectivity index (χ2v) is 6.02. The molecular weight excluding hydrogens is 331 g/mol. The first-order chi connectivity index (χ1) is 11.1. The van der Waals surface area contributed by atoms with E-state index in [2.05, 4.69) is 26.8 Å². The van der Waals surface area contributed by atoms with Crippen LogP contribution in [0.3, 0.4) is 0 Å². The van der Waals surface area contributed by atoms with Crippen molar-refractivity contribution in [1.29, 1.82) is 0 Å². The number of pyridine rings is 1. The van der Waals surface area contributed by atoms with E-state index >= 15 is 0 Å². The second kappa shape index (κ2) is 6.60. The molecule has 0 aliphatic heterocycles. The first kappa shape index (κ1) is 15.8. The minimum atomic E-state index is 0.542. The van der Waals surface area contributed by atoms with Crippen LogP contribution in [-0.4, -0.2) is 14.5 Å².